The number of hydrogen-bond acceptors (Lipinski definition) is 4. The van der Waals surface area contributed by atoms with Crippen molar-refractivity contribution in [2.24, 2.45) is 0 Å². The van der Waals surface area contributed by atoms with Crippen LogP contribution in [0.3, 0.4) is 0 Å². The molecule has 2 N–H and O–H groups in total. The number of anilines is 2. The van der Waals surface area contributed by atoms with Gasteiger partial charge in [-0.25, -0.2) is 0 Å². The molecule has 162 valence electrons. The molecule has 0 spiro atoms. The maximum absolute atomic E-state index is 12.4. The number of rotatable bonds is 8. The molecule has 6 heteroatoms. The van der Waals surface area contributed by atoms with Crippen LogP contribution in [0.4, 0.5) is 11.4 Å². The Kier molecular flexibility index (Phi) is 7.81. The molecular formula is C26H24N2O4. The van der Waals surface area contributed by atoms with Crippen LogP contribution in [0.5, 0.6) is 11.5 Å². The van der Waals surface area contributed by atoms with E-state index in [0.717, 1.165) is 11.1 Å². The molecule has 0 aliphatic carbocycles. The number of amides is 2. The first-order valence-corrected chi connectivity index (χ1v) is 9.94. The summed E-state index contributed by atoms with van der Waals surface area (Å²) >= 11 is 0. The van der Waals surface area contributed by atoms with Gasteiger partial charge in [0, 0.05) is 23.3 Å². The monoisotopic (exact) mass is 428 g/mol. The van der Waals surface area contributed by atoms with Crippen molar-refractivity contribution in [2.45, 2.75) is 0 Å². The summed E-state index contributed by atoms with van der Waals surface area (Å²) in [6.07, 6.45) is 6.17. The molecule has 0 aromatic heterocycles. The smallest absolute Gasteiger partial charge is 0.248 e. The van der Waals surface area contributed by atoms with Crippen LogP contribution in [0.25, 0.3) is 12.2 Å². The first-order valence-electron chi connectivity index (χ1n) is 9.94. The lowest BCUT2D eigenvalue weighted by atomic mass is 10.2. The molecule has 0 heterocycles. The molecular weight excluding hydrogens is 404 g/mol. The van der Waals surface area contributed by atoms with Gasteiger partial charge < -0.3 is 20.1 Å². The second kappa shape index (κ2) is 11.2. The molecule has 0 bridgehead atoms. The Labute approximate surface area is 187 Å². The highest BCUT2D eigenvalue weighted by molar-refractivity contribution is 6.08. The molecule has 0 aliphatic rings. The minimum atomic E-state index is -0.331. The maximum atomic E-state index is 12.4. The van der Waals surface area contributed by atoms with Gasteiger partial charge in [0.1, 0.15) is 11.5 Å². The molecule has 3 aromatic carbocycles. The molecule has 0 unspecified atom stereocenters. The van der Waals surface area contributed by atoms with Crippen molar-refractivity contribution in [3.8, 4) is 11.5 Å². The van der Waals surface area contributed by atoms with E-state index >= 15 is 0 Å². The lowest BCUT2D eigenvalue weighted by molar-refractivity contribution is -0.112. The van der Waals surface area contributed by atoms with E-state index in [9.17, 15) is 9.59 Å². The minimum Gasteiger partial charge on any atom is -0.496 e. The van der Waals surface area contributed by atoms with Crippen LogP contribution < -0.4 is 20.1 Å². The third-order valence-corrected chi connectivity index (χ3v) is 4.55. The van der Waals surface area contributed by atoms with E-state index in [0.29, 0.717) is 22.9 Å². The van der Waals surface area contributed by atoms with Crippen LogP contribution >= 0.6 is 0 Å². The predicted molar refractivity (Wildman–Crippen MR) is 128 cm³/mol. The van der Waals surface area contributed by atoms with Gasteiger partial charge in [-0.05, 0) is 36.4 Å². The summed E-state index contributed by atoms with van der Waals surface area (Å²) in [7, 11) is 3.15. The van der Waals surface area contributed by atoms with Crippen molar-refractivity contribution < 1.29 is 19.1 Å². The van der Waals surface area contributed by atoms with Crippen molar-refractivity contribution in [1.29, 1.82) is 0 Å². The van der Waals surface area contributed by atoms with Crippen LogP contribution in [-0.4, -0.2) is 26.0 Å². The van der Waals surface area contributed by atoms with Gasteiger partial charge in [0.25, 0.3) is 0 Å². The lowest BCUT2D eigenvalue weighted by Gasteiger charge is -2.10. The zero-order valence-corrected chi connectivity index (χ0v) is 17.9. The van der Waals surface area contributed by atoms with Crippen molar-refractivity contribution in [2.75, 3.05) is 24.9 Å². The van der Waals surface area contributed by atoms with Gasteiger partial charge >= 0.3 is 0 Å². The lowest BCUT2D eigenvalue weighted by Crippen LogP contribution is -2.13. The second-order valence-electron chi connectivity index (χ2n) is 6.67. The first-order chi connectivity index (χ1) is 15.6. The normalized spacial score (nSPS) is 10.8. The number of para-hydroxylation sites is 4. The van der Waals surface area contributed by atoms with Gasteiger partial charge in [-0.1, -0.05) is 48.5 Å². The zero-order chi connectivity index (χ0) is 22.8. The molecule has 0 aliphatic heterocycles. The zero-order valence-electron chi connectivity index (χ0n) is 17.9. The van der Waals surface area contributed by atoms with Gasteiger partial charge in [0.05, 0.1) is 25.6 Å². The number of hydrogen-bond donors (Lipinski definition) is 2. The summed E-state index contributed by atoms with van der Waals surface area (Å²) in [5.74, 6) is 0.682. The number of ether oxygens (including phenoxy) is 2. The van der Waals surface area contributed by atoms with E-state index in [1.165, 1.54) is 12.2 Å². The summed E-state index contributed by atoms with van der Waals surface area (Å²) in [6, 6.07) is 21.8. The molecule has 6 nitrogen and oxygen atoms in total. The van der Waals surface area contributed by atoms with E-state index in [1.54, 1.807) is 50.6 Å². The van der Waals surface area contributed by atoms with Gasteiger partial charge in [0.15, 0.2) is 0 Å². The van der Waals surface area contributed by atoms with E-state index in [2.05, 4.69) is 10.6 Å². The van der Waals surface area contributed by atoms with Crippen LogP contribution in [0.2, 0.25) is 0 Å². The first kappa shape index (κ1) is 22.4. The number of benzene rings is 3. The van der Waals surface area contributed by atoms with E-state index in [4.69, 9.17) is 9.47 Å². The topological polar surface area (TPSA) is 76.7 Å². The Morgan fingerprint density at radius 3 is 1.41 bits per heavy atom. The third-order valence-electron chi connectivity index (χ3n) is 4.55. The average molecular weight is 428 g/mol. The number of nitrogens with one attached hydrogen (secondary N) is 2. The number of methoxy groups -OCH3 is 2. The van der Waals surface area contributed by atoms with Crippen molar-refractivity contribution in [1.82, 2.24) is 0 Å². The van der Waals surface area contributed by atoms with Crippen LogP contribution in [0.15, 0.2) is 84.9 Å². The Hall–Kier alpha value is -4.32. The summed E-state index contributed by atoms with van der Waals surface area (Å²) in [4.78, 5) is 24.9. The average Bonchev–Trinajstić information content (AvgIpc) is 2.83. The third kappa shape index (κ3) is 6.09. The quantitative estimate of drug-likeness (QED) is 0.495. The van der Waals surface area contributed by atoms with Crippen LogP contribution in [0.1, 0.15) is 11.1 Å². The van der Waals surface area contributed by atoms with Crippen LogP contribution in [-0.2, 0) is 9.59 Å². The maximum Gasteiger partial charge on any atom is 0.248 e. The Morgan fingerprint density at radius 2 is 1.00 bits per heavy atom. The molecule has 0 fully saturated rings. The second-order valence-corrected chi connectivity index (χ2v) is 6.67. The SMILES string of the molecule is COc1ccccc1/C=C/C(=O)Nc1ccccc1NC(=O)/C=C/c1ccccc1OC. The largest absolute Gasteiger partial charge is 0.496 e. The van der Waals surface area contributed by atoms with Gasteiger partial charge in [0.2, 0.25) is 11.8 Å². The Bertz CT molecular complexity index is 1060. The summed E-state index contributed by atoms with van der Waals surface area (Å²) in [5, 5.41) is 5.58. The van der Waals surface area contributed by atoms with Crippen molar-refractivity contribution >= 4 is 35.3 Å². The molecule has 0 saturated heterocycles. The Morgan fingerprint density at radius 1 is 0.625 bits per heavy atom. The molecule has 3 aromatic rings. The highest BCUT2D eigenvalue weighted by Crippen LogP contribution is 2.23. The predicted octanol–water partition coefficient (Wildman–Crippen LogP) is 5.01. The van der Waals surface area contributed by atoms with Gasteiger partial charge in [-0.3, -0.25) is 9.59 Å². The molecule has 3 rings (SSSR count). The molecule has 2 amide bonds. The molecule has 0 saturated carbocycles. The molecule has 0 atom stereocenters. The highest BCUT2D eigenvalue weighted by atomic mass is 16.5. The molecule has 0 radical (unpaired) electrons. The standard InChI is InChI=1S/C26H24N2O4/c1-31-23-13-7-3-9-19(23)15-17-25(29)27-21-11-5-6-12-22(21)28-26(30)18-16-20-10-4-8-14-24(20)32-2/h3-18H,1-2H3,(H,27,29)(H,28,30)/b17-15+,18-16+. The van der Waals surface area contributed by atoms with E-state index < -0.39 is 0 Å². The van der Waals surface area contributed by atoms with E-state index in [-0.39, 0.29) is 11.8 Å². The molecule has 32 heavy (non-hydrogen) atoms. The number of carbonyl (C=O) groups excluding carboxylic acids is 2. The van der Waals surface area contributed by atoms with Crippen LogP contribution in [0, 0.1) is 0 Å². The van der Waals surface area contributed by atoms with E-state index in [1.807, 2.05) is 48.5 Å². The summed E-state index contributed by atoms with van der Waals surface area (Å²) in [5.41, 5.74) is 2.55. The fourth-order valence-corrected chi connectivity index (χ4v) is 2.99. The van der Waals surface area contributed by atoms with Gasteiger partial charge in [-0.15, -0.1) is 0 Å². The van der Waals surface area contributed by atoms with Crippen molar-refractivity contribution in [3.63, 3.8) is 0 Å². The number of carbonyl (C=O) groups is 2. The highest BCUT2D eigenvalue weighted by Gasteiger charge is 2.07. The fraction of sp³-hybridized carbons (Fsp3) is 0.0769. The van der Waals surface area contributed by atoms with Gasteiger partial charge in [-0.2, -0.15) is 0 Å². The fourth-order valence-electron chi connectivity index (χ4n) is 2.99. The minimum absolute atomic E-state index is 0.331. The summed E-state index contributed by atoms with van der Waals surface area (Å²) in [6.45, 7) is 0. The van der Waals surface area contributed by atoms with Crippen molar-refractivity contribution in [3.05, 3.63) is 96.1 Å². The summed E-state index contributed by atoms with van der Waals surface area (Å²) < 4.78 is 10.6. The Balaban J connectivity index is 1.67.